The molecule has 0 aliphatic rings. The molecule has 1 aromatic carbocycles. The molecule has 0 radical (unpaired) electrons. The minimum atomic E-state index is -0.275. The summed E-state index contributed by atoms with van der Waals surface area (Å²) in [5.74, 6) is -0.242. The summed E-state index contributed by atoms with van der Waals surface area (Å²) in [4.78, 5) is 11.3. The lowest BCUT2D eigenvalue weighted by Crippen LogP contribution is -2.22. The van der Waals surface area contributed by atoms with Gasteiger partial charge in [0, 0.05) is 6.54 Å². The van der Waals surface area contributed by atoms with Gasteiger partial charge in [-0.05, 0) is 25.1 Å². The van der Waals surface area contributed by atoms with Gasteiger partial charge in [-0.1, -0.05) is 11.6 Å². The molecule has 0 atom stereocenters. The molecule has 1 amide bonds. The molecule has 0 heterocycles. The normalized spacial score (nSPS) is 9.69. The third kappa shape index (κ3) is 2.36. The van der Waals surface area contributed by atoms with Crippen molar-refractivity contribution in [1.82, 2.24) is 5.32 Å². The standard InChI is InChI=1S/C9H10ClNO2/c1-2-11-9(13)7-5-6(12)3-4-8(7)10/h3-5,12H,2H2,1H3,(H,11,13). The molecule has 3 nitrogen and oxygen atoms in total. The summed E-state index contributed by atoms with van der Waals surface area (Å²) in [6.07, 6.45) is 0. The van der Waals surface area contributed by atoms with Gasteiger partial charge in [0.15, 0.2) is 0 Å². The number of aromatic hydroxyl groups is 1. The fourth-order valence-electron chi connectivity index (χ4n) is 0.943. The fourth-order valence-corrected chi connectivity index (χ4v) is 1.15. The van der Waals surface area contributed by atoms with Gasteiger partial charge >= 0.3 is 0 Å². The summed E-state index contributed by atoms with van der Waals surface area (Å²) in [6, 6.07) is 4.26. The minimum Gasteiger partial charge on any atom is -0.508 e. The Morgan fingerprint density at radius 3 is 2.92 bits per heavy atom. The summed E-state index contributed by atoms with van der Waals surface area (Å²) in [5.41, 5.74) is 0.295. The first kappa shape index (κ1) is 9.86. The first-order valence-electron chi connectivity index (χ1n) is 3.92. The highest BCUT2D eigenvalue weighted by molar-refractivity contribution is 6.33. The van der Waals surface area contributed by atoms with Crippen LogP contribution in [0.15, 0.2) is 18.2 Å². The Morgan fingerprint density at radius 2 is 2.31 bits per heavy atom. The molecule has 0 aromatic heterocycles. The highest BCUT2D eigenvalue weighted by Gasteiger charge is 2.09. The number of amides is 1. The van der Waals surface area contributed by atoms with Gasteiger partial charge in [0.1, 0.15) is 5.75 Å². The molecule has 1 rings (SSSR count). The predicted octanol–water partition coefficient (Wildman–Crippen LogP) is 1.80. The second-order valence-electron chi connectivity index (χ2n) is 2.52. The number of benzene rings is 1. The molecule has 13 heavy (non-hydrogen) atoms. The van der Waals surface area contributed by atoms with Crippen LogP contribution >= 0.6 is 11.6 Å². The molecule has 0 aliphatic carbocycles. The molecule has 0 aliphatic heterocycles. The molecule has 0 bridgehead atoms. The van der Waals surface area contributed by atoms with Gasteiger partial charge in [-0.3, -0.25) is 4.79 Å². The van der Waals surface area contributed by atoms with E-state index in [2.05, 4.69) is 5.32 Å². The van der Waals surface area contributed by atoms with Gasteiger partial charge in [-0.25, -0.2) is 0 Å². The Hall–Kier alpha value is -1.22. The van der Waals surface area contributed by atoms with E-state index in [4.69, 9.17) is 16.7 Å². The monoisotopic (exact) mass is 199 g/mol. The molecular formula is C9H10ClNO2. The van der Waals surface area contributed by atoms with E-state index in [9.17, 15) is 4.79 Å². The van der Waals surface area contributed by atoms with E-state index in [1.807, 2.05) is 6.92 Å². The van der Waals surface area contributed by atoms with Crippen LogP contribution in [0.3, 0.4) is 0 Å². The number of phenolic OH excluding ortho intramolecular Hbond substituents is 1. The van der Waals surface area contributed by atoms with E-state index in [1.54, 1.807) is 0 Å². The summed E-state index contributed by atoms with van der Waals surface area (Å²) >= 11 is 5.75. The summed E-state index contributed by atoms with van der Waals surface area (Å²) in [7, 11) is 0. The SMILES string of the molecule is CCNC(=O)c1cc(O)ccc1Cl. The minimum absolute atomic E-state index is 0.0330. The van der Waals surface area contributed by atoms with Crippen LogP contribution in [0.2, 0.25) is 5.02 Å². The molecule has 0 saturated heterocycles. The van der Waals surface area contributed by atoms with Crippen LogP contribution in [0.25, 0.3) is 0 Å². The van der Waals surface area contributed by atoms with Crippen molar-refractivity contribution < 1.29 is 9.90 Å². The number of hydrogen-bond donors (Lipinski definition) is 2. The number of hydrogen-bond acceptors (Lipinski definition) is 2. The molecule has 1 aromatic rings. The van der Waals surface area contributed by atoms with Gasteiger partial charge in [0.2, 0.25) is 0 Å². The Bertz CT molecular complexity index is 325. The van der Waals surface area contributed by atoms with E-state index < -0.39 is 0 Å². The van der Waals surface area contributed by atoms with Crippen molar-refractivity contribution in [2.75, 3.05) is 6.54 Å². The van der Waals surface area contributed by atoms with Crippen LogP contribution in [0.1, 0.15) is 17.3 Å². The average Bonchev–Trinajstić information content (AvgIpc) is 2.09. The molecule has 0 fully saturated rings. The lowest BCUT2D eigenvalue weighted by atomic mass is 10.2. The number of carbonyl (C=O) groups is 1. The maximum absolute atomic E-state index is 11.3. The third-order valence-electron chi connectivity index (χ3n) is 1.53. The van der Waals surface area contributed by atoms with Crippen molar-refractivity contribution in [3.63, 3.8) is 0 Å². The van der Waals surface area contributed by atoms with Gasteiger partial charge in [-0.15, -0.1) is 0 Å². The Labute approximate surface area is 81.3 Å². The van der Waals surface area contributed by atoms with E-state index in [0.717, 1.165) is 0 Å². The predicted molar refractivity (Wildman–Crippen MR) is 51.1 cm³/mol. The van der Waals surface area contributed by atoms with Crippen LogP contribution in [0, 0.1) is 0 Å². The molecule has 2 N–H and O–H groups in total. The quantitative estimate of drug-likeness (QED) is 0.763. The fraction of sp³-hybridized carbons (Fsp3) is 0.222. The van der Waals surface area contributed by atoms with Crippen LogP contribution < -0.4 is 5.32 Å². The molecule has 4 heteroatoms. The van der Waals surface area contributed by atoms with Crippen molar-refractivity contribution in [2.45, 2.75) is 6.92 Å². The number of phenols is 1. The second-order valence-corrected chi connectivity index (χ2v) is 2.93. The summed E-state index contributed by atoms with van der Waals surface area (Å²) in [6.45, 7) is 2.35. The van der Waals surface area contributed by atoms with Crippen molar-refractivity contribution in [1.29, 1.82) is 0 Å². The maximum atomic E-state index is 11.3. The van der Waals surface area contributed by atoms with Crippen LogP contribution in [-0.4, -0.2) is 17.6 Å². The maximum Gasteiger partial charge on any atom is 0.252 e. The smallest absolute Gasteiger partial charge is 0.252 e. The second kappa shape index (κ2) is 4.14. The largest absolute Gasteiger partial charge is 0.508 e. The number of nitrogens with one attached hydrogen (secondary N) is 1. The van der Waals surface area contributed by atoms with Crippen molar-refractivity contribution in [3.8, 4) is 5.75 Å². The Morgan fingerprint density at radius 1 is 1.62 bits per heavy atom. The first-order valence-corrected chi connectivity index (χ1v) is 4.29. The van der Waals surface area contributed by atoms with Gasteiger partial charge < -0.3 is 10.4 Å². The summed E-state index contributed by atoms with van der Waals surface area (Å²) < 4.78 is 0. The average molecular weight is 200 g/mol. The number of carbonyl (C=O) groups excluding carboxylic acids is 1. The third-order valence-corrected chi connectivity index (χ3v) is 1.86. The van der Waals surface area contributed by atoms with Crippen LogP contribution in [0.5, 0.6) is 5.75 Å². The molecule has 70 valence electrons. The van der Waals surface area contributed by atoms with Gasteiger partial charge in [-0.2, -0.15) is 0 Å². The zero-order valence-corrected chi connectivity index (χ0v) is 7.93. The summed E-state index contributed by atoms with van der Waals surface area (Å²) in [5, 5.41) is 12.0. The lowest BCUT2D eigenvalue weighted by molar-refractivity contribution is 0.0955. The van der Waals surface area contributed by atoms with E-state index in [0.29, 0.717) is 17.1 Å². The Kier molecular flexibility index (Phi) is 3.14. The van der Waals surface area contributed by atoms with E-state index in [-0.39, 0.29) is 11.7 Å². The Balaban J connectivity index is 2.99. The lowest BCUT2D eigenvalue weighted by Gasteiger charge is -2.04. The molecule has 0 saturated carbocycles. The highest BCUT2D eigenvalue weighted by atomic mass is 35.5. The topological polar surface area (TPSA) is 49.3 Å². The molecular weight excluding hydrogens is 190 g/mol. The van der Waals surface area contributed by atoms with E-state index >= 15 is 0 Å². The number of rotatable bonds is 2. The van der Waals surface area contributed by atoms with Gasteiger partial charge in [0.25, 0.3) is 5.91 Å². The van der Waals surface area contributed by atoms with Crippen molar-refractivity contribution >= 4 is 17.5 Å². The zero-order chi connectivity index (χ0) is 9.84. The van der Waals surface area contributed by atoms with Crippen molar-refractivity contribution in [2.24, 2.45) is 0 Å². The first-order chi connectivity index (χ1) is 6.15. The highest BCUT2D eigenvalue weighted by Crippen LogP contribution is 2.20. The van der Waals surface area contributed by atoms with Crippen LogP contribution in [-0.2, 0) is 0 Å². The van der Waals surface area contributed by atoms with Crippen LogP contribution in [0.4, 0.5) is 0 Å². The number of halogens is 1. The van der Waals surface area contributed by atoms with Crippen molar-refractivity contribution in [3.05, 3.63) is 28.8 Å². The zero-order valence-electron chi connectivity index (χ0n) is 7.17. The van der Waals surface area contributed by atoms with Gasteiger partial charge in [0.05, 0.1) is 10.6 Å². The molecule has 0 unspecified atom stereocenters. The molecule has 0 spiro atoms. The van der Waals surface area contributed by atoms with E-state index in [1.165, 1.54) is 18.2 Å².